The molecule has 0 fully saturated rings. The van der Waals surface area contributed by atoms with Crippen molar-refractivity contribution >= 4 is 22.6 Å². The molecule has 3 aromatic rings. The summed E-state index contributed by atoms with van der Waals surface area (Å²) in [5, 5.41) is 5.85. The molecule has 25 heavy (non-hydrogen) atoms. The minimum absolute atomic E-state index is 0.0408. The van der Waals surface area contributed by atoms with Crippen LogP contribution in [0.3, 0.4) is 0 Å². The number of nitrogens with one attached hydrogen (secondary N) is 1. The van der Waals surface area contributed by atoms with Crippen LogP contribution in [0.25, 0.3) is 27.5 Å². The van der Waals surface area contributed by atoms with Gasteiger partial charge in [0.1, 0.15) is 6.17 Å². The van der Waals surface area contributed by atoms with Crippen molar-refractivity contribution in [2.24, 2.45) is 4.99 Å². The van der Waals surface area contributed by atoms with E-state index in [9.17, 15) is 0 Å². The number of hydrogen-bond donors (Lipinski definition) is 1. The fourth-order valence-corrected chi connectivity index (χ4v) is 3.41. The van der Waals surface area contributed by atoms with Gasteiger partial charge in [0, 0.05) is 5.57 Å². The van der Waals surface area contributed by atoms with Gasteiger partial charge in [-0.2, -0.15) is 0 Å². The molecule has 0 radical (unpaired) electrons. The molecule has 1 unspecified atom stereocenters. The van der Waals surface area contributed by atoms with E-state index in [1.165, 1.54) is 33.0 Å². The summed E-state index contributed by atoms with van der Waals surface area (Å²) < 4.78 is 0. The molecule has 1 aliphatic heterocycles. The van der Waals surface area contributed by atoms with E-state index in [0.717, 1.165) is 0 Å². The number of aliphatic imine (C=N–C) groups is 1. The molecule has 0 saturated heterocycles. The Balaban J connectivity index is 1.93. The van der Waals surface area contributed by atoms with E-state index in [1.807, 2.05) is 25.4 Å². The lowest BCUT2D eigenvalue weighted by Crippen LogP contribution is -2.25. The highest BCUT2D eigenvalue weighted by molar-refractivity contribution is 6.03. The van der Waals surface area contributed by atoms with Gasteiger partial charge in [0.05, 0.1) is 0 Å². The minimum atomic E-state index is -0.0408. The summed E-state index contributed by atoms with van der Waals surface area (Å²) in [6.45, 7) is 1.95. The third-order valence-electron chi connectivity index (χ3n) is 4.54. The predicted octanol–water partition coefficient (Wildman–Crippen LogP) is 5.42. The van der Waals surface area contributed by atoms with Crippen LogP contribution in [0.1, 0.15) is 12.5 Å². The van der Waals surface area contributed by atoms with E-state index in [0.29, 0.717) is 0 Å². The third kappa shape index (κ3) is 2.87. The topological polar surface area (TPSA) is 24.4 Å². The van der Waals surface area contributed by atoms with Gasteiger partial charge >= 0.3 is 0 Å². The van der Waals surface area contributed by atoms with Crippen molar-refractivity contribution in [1.29, 1.82) is 0 Å². The molecule has 4 rings (SSSR count). The Morgan fingerprint density at radius 2 is 1.52 bits per heavy atom. The Morgan fingerprint density at radius 1 is 0.840 bits per heavy atom. The van der Waals surface area contributed by atoms with Crippen molar-refractivity contribution in [2.75, 3.05) is 0 Å². The van der Waals surface area contributed by atoms with Crippen LogP contribution in [0.5, 0.6) is 0 Å². The van der Waals surface area contributed by atoms with Crippen molar-refractivity contribution in [3.8, 4) is 11.1 Å². The smallest absolute Gasteiger partial charge is 0.144 e. The normalized spacial score (nSPS) is 16.8. The van der Waals surface area contributed by atoms with Crippen molar-refractivity contribution < 1.29 is 0 Å². The maximum atomic E-state index is 4.57. The van der Waals surface area contributed by atoms with Gasteiger partial charge in [-0.3, -0.25) is 4.99 Å². The quantitative estimate of drug-likeness (QED) is 0.639. The number of nitrogens with zero attached hydrogens (tertiary/aromatic N) is 1. The van der Waals surface area contributed by atoms with Crippen LogP contribution in [-0.2, 0) is 0 Å². The first-order chi connectivity index (χ1) is 12.4. The van der Waals surface area contributed by atoms with E-state index >= 15 is 0 Å². The molecule has 0 bridgehead atoms. The Kier molecular flexibility index (Phi) is 4.17. The number of rotatable bonds is 3. The summed E-state index contributed by atoms with van der Waals surface area (Å²) in [7, 11) is 0. The van der Waals surface area contributed by atoms with E-state index in [2.05, 4.69) is 83.1 Å². The van der Waals surface area contributed by atoms with Gasteiger partial charge in [-0.05, 0) is 52.9 Å². The number of hydrogen-bond acceptors (Lipinski definition) is 2. The number of benzene rings is 3. The molecule has 1 aliphatic rings. The molecule has 0 amide bonds. The molecule has 0 spiro atoms. The van der Waals surface area contributed by atoms with Crippen molar-refractivity contribution in [3.05, 3.63) is 90.6 Å². The van der Waals surface area contributed by atoms with E-state index in [-0.39, 0.29) is 6.17 Å². The standard InChI is InChI=1S/C23H20N2/c1-2-24-23-22(13-8-16-25-23)21-15-14-18(17-9-4-3-5-10-17)19-11-6-7-12-20(19)21/h2-16,23,25H,1H3. The van der Waals surface area contributed by atoms with E-state index in [4.69, 9.17) is 0 Å². The molecule has 1 atom stereocenters. The molecular formula is C23H20N2. The van der Waals surface area contributed by atoms with Crippen LogP contribution in [0.2, 0.25) is 0 Å². The molecule has 0 aliphatic carbocycles. The first-order valence-corrected chi connectivity index (χ1v) is 8.56. The summed E-state index contributed by atoms with van der Waals surface area (Å²) in [6.07, 6.45) is 7.95. The highest BCUT2D eigenvalue weighted by Gasteiger charge is 2.18. The zero-order valence-electron chi connectivity index (χ0n) is 14.2. The molecule has 0 saturated carbocycles. The average molecular weight is 324 g/mol. The second-order valence-electron chi connectivity index (χ2n) is 6.03. The molecule has 3 aromatic carbocycles. The van der Waals surface area contributed by atoms with Gasteiger partial charge in [0.25, 0.3) is 0 Å². The molecular weight excluding hydrogens is 304 g/mol. The Hall–Kier alpha value is -3.13. The first kappa shape index (κ1) is 15.4. The van der Waals surface area contributed by atoms with E-state index in [1.54, 1.807) is 0 Å². The number of dihydropyridines is 1. The Bertz CT molecular complexity index is 981. The highest BCUT2D eigenvalue weighted by Crippen LogP contribution is 2.35. The molecule has 2 heteroatoms. The van der Waals surface area contributed by atoms with Crippen molar-refractivity contribution in [2.45, 2.75) is 13.1 Å². The second kappa shape index (κ2) is 6.78. The molecule has 1 heterocycles. The van der Waals surface area contributed by atoms with Gasteiger partial charge in [-0.1, -0.05) is 72.8 Å². The molecule has 0 aromatic heterocycles. The van der Waals surface area contributed by atoms with Gasteiger partial charge in [0.15, 0.2) is 0 Å². The summed E-state index contributed by atoms with van der Waals surface area (Å²) in [6, 6.07) is 23.6. The number of fused-ring (bicyclic) bond motifs is 1. The molecule has 2 nitrogen and oxygen atoms in total. The van der Waals surface area contributed by atoms with Crippen LogP contribution in [0.4, 0.5) is 0 Å². The van der Waals surface area contributed by atoms with Gasteiger partial charge in [-0.25, -0.2) is 0 Å². The zero-order chi connectivity index (χ0) is 17.1. The monoisotopic (exact) mass is 324 g/mol. The average Bonchev–Trinajstić information content (AvgIpc) is 2.69. The largest absolute Gasteiger partial charge is 0.366 e. The van der Waals surface area contributed by atoms with E-state index < -0.39 is 0 Å². The van der Waals surface area contributed by atoms with Crippen LogP contribution >= 0.6 is 0 Å². The van der Waals surface area contributed by atoms with Gasteiger partial charge in [-0.15, -0.1) is 0 Å². The van der Waals surface area contributed by atoms with Crippen LogP contribution in [0, 0.1) is 0 Å². The highest BCUT2D eigenvalue weighted by atomic mass is 15.1. The Morgan fingerprint density at radius 3 is 2.28 bits per heavy atom. The SMILES string of the molecule is CC=NC1NC=CC=C1c1ccc(-c2ccccc2)c2ccccc12. The lowest BCUT2D eigenvalue weighted by atomic mass is 9.90. The fraction of sp³-hybridized carbons (Fsp3) is 0.0870. The summed E-state index contributed by atoms with van der Waals surface area (Å²) in [5.74, 6) is 0. The lowest BCUT2D eigenvalue weighted by Gasteiger charge is -2.22. The second-order valence-corrected chi connectivity index (χ2v) is 6.03. The van der Waals surface area contributed by atoms with Crippen molar-refractivity contribution in [3.63, 3.8) is 0 Å². The summed E-state index contributed by atoms with van der Waals surface area (Å²) in [4.78, 5) is 4.57. The summed E-state index contributed by atoms with van der Waals surface area (Å²) in [5.41, 5.74) is 4.92. The minimum Gasteiger partial charge on any atom is -0.366 e. The maximum absolute atomic E-state index is 4.57. The predicted molar refractivity (Wildman–Crippen MR) is 108 cm³/mol. The van der Waals surface area contributed by atoms with Crippen LogP contribution in [-0.4, -0.2) is 12.4 Å². The number of allylic oxidation sites excluding steroid dienone is 2. The first-order valence-electron chi connectivity index (χ1n) is 8.56. The summed E-state index contributed by atoms with van der Waals surface area (Å²) >= 11 is 0. The lowest BCUT2D eigenvalue weighted by molar-refractivity contribution is 0.750. The van der Waals surface area contributed by atoms with Crippen LogP contribution < -0.4 is 5.32 Å². The third-order valence-corrected chi connectivity index (χ3v) is 4.54. The molecule has 1 N–H and O–H groups in total. The van der Waals surface area contributed by atoms with Crippen LogP contribution in [0.15, 0.2) is 90.1 Å². The Labute approximate surface area is 148 Å². The fourth-order valence-electron chi connectivity index (χ4n) is 3.41. The maximum Gasteiger partial charge on any atom is 0.144 e. The zero-order valence-corrected chi connectivity index (χ0v) is 14.2. The molecule has 122 valence electrons. The van der Waals surface area contributed by atoms with Gasteiger partial charge in [0.2, 0.25) is 0 Å². The van der Waals surface area contributed by atoms with Crippen molar-refractivity contribution in [1.82, 2.24) is 5.32 Å². The van der Waals surface area contributed by atoms with Gasteiger partial charge < -0.3 is 5.32 Å².